The second kappa shape index (κ2) is 6.00. The second-order valence-corrected chi connectivity index (χ2v) is 4.24. The van der Waals surface area contributed by atoms with Crippen molar-refractivity contribution in [3.05, 3.63) is 53.5 Å². The molecule has 0 fully saturated rings. The number of carboxylic acid groups (broad SMARTS) is 1. The lowest BCUT2D eigenvalue weighted by Gasteiger charge is -2.04. The molecule has 2 aromatic rings. The van der Waals surface area contributed by atoms with Crippen LogP contribution in [0.1, 0.15) is 15.9 Å². The first-order valence-electron chi connectivity index (χ1n) is 5.97. The Morgan fingerprint density at radius 2 is 2.14 bits per heavy atom. The molecule has 0 saturated heterocycles. The summed E-state index contributed by atoms with van der Waals surface area (Å²) in [6, 6.07) is 5.41. The molecule has 0 aliphatic carbocycles. The van der Waals surface area contributed by atoms with Crippen LogP contribution in [0.4, 0.5) is 10.2 Å². The van der Waals surface area contributed by atoms with Crippen molar-refractivity contribution in [3.8, 4) is 0 Å². The van der Waals surface area contributed by atoms with E-state index in [1.165, 1.54) is 22.9 Å². The van der Waals surface area contributed by atoms with Crippen molar-refractivity contribution < 1.29 is 19.1 Å². The van der Waals surface area contributed by atoms with Gasteiger partial charge in [-0.15, -0.1) is 0 Å². The number of rotatable bonds is 4. The predicted molar refractivity (Wildman–Crippen MR) is 74.2 cm³/mol. The number of hydrogen-bond donors (Lipinski definition) is 2. The van der Waals surface area contributed by atoms with Crippen LogP contribution in [0.5, 0.6) is 0 Å². The highest BCUT2D eigenvalue weighted by atomic mass is 19.1. The van der Waals surface area contributed by atoms with Crippen LogP contribution in [0.25, 0.3) is 6.08 Å². The lowest BCUT2D eigenvalue weighted by atomic mass is 10.1. The van der Waals surface area contributed by atoms with Crippen LogP contribution >= 0.6 is 0 Å². The normalized spacial score (nSPS) is 10.8. The van der Waals surface area contributed by atoms with Gasteiger partial charge >= 0.3 is 5.97 Å². The third-order valence-corrected chi connectivity index (χ3v) is 2.61. The van der Waals surface area contributed by atoms with Crippen LogP contribution < -0.4 is 5.32 Å². The number of carboxylic acids is 1. The molecule has 0 bridgehead atoms. The maximum Gasteiger partial charge on any atom is 0.328 e. The zero-order valence-corrected chi connectivity index (χ0v) is 11.1. The van der Waals surface area contributed by atoms with E-state index in [0.717, 1.165) is 12.1 Å². The van der Waals surface area contributed by atoms with Gasteiger partial charge in [-0.1, -0.05) is 6.07 Å². The van der Waals surface area contributed by atoms with E-state index in [9.17, 15) is 14.0 Å². The zero-order valence-electron chi connectivity index (χ0n) is 11.1. The fraction of sp³-hybridized carbons (Fsp3) is 0.0714. The smallest absolute Gasteiger partial charge is 0.328 e. The van der Waals surface area contributed by atoms with Gasteiger partial charge in [0, 0.05) is 25.4 Å². The van der Waals surface area contributed by atoms with Crippen LogP contribution in [0.15, 0.2) is 36.5 Å². The van der Waals surface area contributed by atoms with Gasteiger partial charge in [-0.3, -0.25) is 9.48 Å². The molecule has 1 aromatic carbocycles. The fourth-order valence-corrected chi connectivity index (χ4v) is 1.65. The molecule has 108 valence electrons. The molecule has 21 heavy (non-hydrogen) atoms. The molecule has 1 amide bonds. The number of nitrogens with zero attached hydrogens (tertiary/aromatic N) is 2. The summed E-state index contributed by atoms with van der Waals surface area (Å²) in [6.45, 7) is 0. The second-order valence-electron chi connectivity index (χ2n) is 4.24. The first-order valence-corrected chi connectivity index (χ1v) is 5.97. The summed E-state index contributed by atoms with van der Waals surface area (Å²) < 4.78 is 15.4. The third kappa shape index (κ3) is 3.75. The van der Waals surface area contributed by atoms with Gasteiger partial charge in [-0.2, -0.15) is 5.10 Å². The molecule has 7 heteroatoms. The summed E-state index contributed by atoms with van der Waals surface area (Å²) in [4.78, 5) is 22.3. The van der Waals surface area contributed by atoms with E-state index < -0.39 is 17.7 Å². The summed E-state index contributed by atoms with van der Waals surface area (Å²) in [7, 11) is 1.69. The number of carbonyl (C=O) groups is 2. The Hall–Kier alpha value is -2.96. The molecule has 0 spiro atoms. The Labute approximate surface area is 119 Å². The van der Waals surface area contributed by atoms with Crippen molar-refractivity contribution in [1.29, 1.82) is 0 Å². The van der Waals surface area contributed by atoms with Crippen molar-refractivity contribution in [3.63, 3.8) is 0 Å². The van der Waals surface area contributed by atoms with Gasteiger partial charge in [0.1, 0.15) is 5.82 Å². The van der Waals surface area contributed by atoms with Gasteiger partial charge in [0.25, 0.3) is 5.91 Å². The molecule has 2 N–H and O–H groups in total. The average Bonchev–Trinajstić information content (AvgIpc) is 2.81. The minimum Gasteiger partial charge on any atom is -0.478 e. The minimum atomic E-state index is -1.13. The Balaban J connectivity index is 2.16. The number of amides is 1. The van der Waals surface area contributed by atoms with Crippen molar-refractivity contribution in [2.75, 3.05) is 5.32 Å². The predicted octanol–water partition coefficient (Wildman–Crippen LogP) is 1.91. The summed E-state index contributed by atoms with van der Waals surface area (Å²) in [5, 5.41) is 14.9. The van der Waals surface area contributed by atoms with E-state index in [-0.39, 0.29) is 5.56 Å². The summed E-state index contributed by atoms with van der Waals surface area (Å²) in [6.07, 6.45) is 3.78. The lowest BCUT2D eigenvalue weighted by molar-refractivity contribution is -0.131. The number of halogens is 1. The van der Waals surface area contributed by atoms with Gasteiger partial charge < -0.3 is 10.4 Å². The standard InChI is InChI=1S/C14H12FN3O3/c1-18-7-6-12(17-18)16-14(21)10-4-2-9(8-11(10)15)3-5-13(19)20/h2-8H,1H3,(H,19,20)(H,16,17,21). The first-order chi connectivity index (χ1) is 9.95. The SMILES string of the molecule is Cn1ccc(NC(=O)c2ccc(C=CC(=O)O)cc2F)n1. The number of aromatic nitrogens is 2. The van der Waals surface area contributed by atoms with Gasteiger partial charge in [-0.25, -0.2) is 9.18 Å². The molecule has 0 saturated carbocycles. The molecule has 0 aliphatic heterocycles. The number of anilines is 1. The van der Waals surface area contributed by atoms with E-state index in [2.05, 4.69) is 10.4 Å². The van der Waals surface area contributed by atoms with Crippen molar-refractivity contribution in [1.82, 2.24) is 9.78 Å². The molecular formula is C14H12FN3O3. The third-order valence-electron chi connectivity index (χ3n) is 2.61. The van der Waals surface area contributed by atoms with E-state index in [0.29, 0.717) is 11.4 Å². The zero-order chi connectivity index (χ0) is 15.4. The van der Waals surface area contributed by atoms with Crippen LogP contribution in [0.2, 0.25) is 0 Å². The highest BCUT2D eigenvalue weighted by Gasteiger charge is 2.13. The Kier molecular flexibility index (Phi) is 4.13. The Morgan fingerprint density at radius 3 is 2.71 bits per heavy atom. The highest BCUT2D eigenvalue weighted by molar-refractivity contribution is 6.04. The van der Waals surface area contributed by atoms with Gasteiger partial charge in [0.15, 0.2) is 5.82 Å². The summed E-state index contributed by atoms with van der Waals surface area (Å²) >= 11 is 0. The van der Waals surface area contributed by atoms with Crippen LogP contribution in [-0.2, 0) is 11.8 Å². The van der Waals surface area contributed by atoms with Crippen LogP contribution in [-0.4, -0.2) is 26.8 Å². The van der Waals surface area contributed by atoms with E-state index >= 15 is 0 Å². The minimum absolute atomic E-state index is 0.145. The lowest BCUT2D eigenvalue weighted by Crippen LogP contribution is -2.14. The molecule has 1 heterocycles. The monoisotopic (exact) mass is 289 g/mol. The van der Waals surface area contributed by atoms with Crippen LogP contribution in [0, 0.1) is 5.82 Å². The highest BCUT2D eigenvalue weighted by Crippen LogP contribution is 2.14. The largest absolute Gasteiger partial charge is 0.478 e. The van der Waals surface area contributed by atoms with Crippen molar-refractivity contribution >= 4 is 23.8 Å². The molecule has 0 aliphatic rings. The summed E-state index contributed by atoms with van der Waals surface area (Å²) in [5.74, 6) is -2.18. The molecule has 0 unspecified atom stereocenters. The summed E-state index contributed by atoms with van der Waals surface area (Å²) in [5.41, 5.74) is 0.206. The Bertz CT molecular complexity index is 722. The number of hydrogen-bond acceptors (Lipinski definition) is 3. The first kappa shape index (κ1) is 14.4. The van der Waals surface area contributed by atoms with Crippen molar-refractivity contribution in [2.45, 2.75) is 0 Å². The Morgan fingerprint density at radius 1 is 1.38 bits per heavy atom. The van der Waals surface area contributed by atoms with Gasteiger partial charge in [0.2, 0.25) is 0 Å². The average molecular weight is 289 g/mol. The van der Waals surface area contributed by atoms with Gasteiger partial charge in [-0.05, 0) is 23.8 Å². The maximum atomic E-state index is 13.9. The van der Waals surface area contributed by atoms with Crippen LogP contribution in [0.3, 0.4) is 0 Å². The van der Waals surface area contributed by atoms with Crippen molar-refractivity contribution in [2.24, 2.45) is 7.05 Å². The number of nitrogens with one attached hydrogen (secondary N) is 1. The number of carbonyl (C=O) groups excluding carboxylic acids is 1. The van der Waals surface area contributed by atoms with E-state index in [1.54, 1.807) is 19.3 Å². The molecule has 0 atom stereocenters. The molecule has 6 nitrogen and oxygen atoms in total. The molecule has 0 radical (unpaired) electrons. The quantitative estimate of drug-likeness (QED) is 0.842. The van der Waals surface area contributed by atoms with E-state index in [1.807, 2.05) is 0 Å². The molecule has 1 aromatic heterocycles. The number of aliphatic carboxylic acids is 1. The molecular weight excluding hydrogens is 277 g/mol. The maximum absolute atomic E-state index is 13.9. The number of aryl methyl sites for hydroxylation is 1. The number of benzene rings is 1. The topological polar surface area (TPSA) is 84.2 Å². The van der Waals surface area contributed by atoms with E-state index in [4.69, 9.17) is 5.11 Å². The molecule has 2 rings (SSSR count). The van der Waals surface area contributed by atoms with Gasteiger partial charge in [0.05, 0.1) is 5.56 Å². The fourth-order valence-electron chi connectivity index (χ4n) is 1.65.